The van der Waals surface area contributed by atoms with Crippen molar-refractivity contribution in [1.29, 1.82) is 0 Å². The van der Waals surface area contributed by atoms with E-state index >= 15 is 0 Å². The molecule has 0 bridgehead atoms. The van der Waals surface area contributed by atoms with Gasteiger partial charge in [-0.05, 0) is 43.3 Å². The van der Waals surface area contributed by atoms with Crippen LogP contribution in [-0.2, 0) is 24.3 Å². The maximum atomic E-state index is 12.2. The molecule has 1 atom stereocenters. The van der Waals surface area contributed by atoms with Gasteiger partial charge in [-0.15, -0.1) is 0 Å². The van der Waals surface area contributed by atoms with E-state index in [1.54, 1.807) is 6.20 Å². The number of nitrogens with two attached hydrogens (primary N) is 1. The van der Waals surface area contributed by atoms with E-state index in [2.05, 4.69) is 38.6 Å². The molecule has 6 nitrogen and oxygen atoms in total. The molecule has 3 aromatic rings. The number of fused-ring (bicyclic) bond motifs is 3. The molecule has 1 aliphatic heterocycles. The summed E-state index contributed by atoms with van der Waals surface area (Å²) in [6, 6.07) is 7.95. The molecule has 0 fully saturated rings. The highest BCUT2D eigenvalue weighted by Crippen LogP contribution is 2.34. The van der Waals surface area contributed by atoms with Crippen molar-refractivity contribution in [1.82, 2.24) is 19.4 Å². The molecular weight excluding hydrogens is 374 g/mol. The molecule has 1 aromatic carbocycles. The summed E-state index contributed by atoms with van der Waals surface area (Å²) in [6.45, 7) is 2.62. The number of carbonyl (C=O) groups excluding carboxylic acids is 1. The monoisotopic (exact) mass is 397 g/mol. The molecule has 0 radical (unpaired) electrons. The first-order chi connectivity index (χ1) is 13.6. The van der Waals surface area contributed by atoms with Crippen LogP contribution in [0.25, 0.3) is 10.9 Å². The molecule has 0 saturated carbocycles. The number of hydrogen-bond acceptors (Lipinski definition) is 5. The lowest BCUT2D eigenvalue weighted by molar-refractivity contribution is -0.118. The highest BCUT2D eigenvalue weighted by molar-refractivity contribution is 6.31. The highest BCUT2D eigenvalue weighted by atomic mass is 35.5. The van der Waals surface area contributed by atoms with Gasteiger partial charge in [0.05, 0.1) is 6.54 Å². The van der Waals surface area contributed by atoms with Gasteiger partial charge >= 0.3 is 0 Å². The maximum absolute atomic E-state index is 12.2. The van der Waals surface area contributed by atoms with Crippen molar-refractivity contribution < 1.29 is 4.79 Å². The van der Waals surface area contributed by atoms with E-state index in [1.807, 2.05) is 12.1 Å². The molecule has 28 heavy (non-hydrogen) atoms. The van der Waals surface area contributed by atoms with Gasteiger partial charge in [-0.3, -0.25) is 4.79 Å². The average molecular weight is 398 g/mol. The van der Waals surface area contributed by atoms with Gasteiger partial charge in [0.15, 0.2) is 0 Å². The zero-order chi connectivity index (χ0) is 19.7. The summed E-state index contributed by atoms with van der Waals surface area (Å²) in [6.07, 6.45) is 4.62. The Morgan fingerprint density at radius 3 is 2.96 bits per heavy atom. The van der Waals surface area contributed by atoms with Crippen molar-refractivity contribution in [3.63, 3.8) is 0 Å². The van der Waals surface area contributed by atoms with Gasteiger partial charge in [0.25, 0.3) is 0 Å². The van der Waals surface area contributed by atoms with Gasteiger partial charge in [-0.25, -0.2) is 9.97 Å². The van der Waals surface area contributed by atoms with Crippen LogP contribution < -0.4 is 5.73 Å². The number of likely N-dealkylation sites (N-methyl/N-ethyl adjacent to an activating group) is 1. The molecule has 146 valence electrons. The number of Topliss-reactive ketones (excluding diaryl/α,β-unsaturated/α-hetero) is 1. The molecule has 7 heteroatoms. The van der Waals surface area contributed by atoms with Crippen molar-refractivity contribution >= 4 is 28.3 Å². The molecule has 4 rings (SSSR count). The number of ketones is 1. The largest absolute Gasteiger partial charge is 0.342 e. The van der Waals surface area contributed by atoms with Gasteiger partial charge in [0.1, 0.15) is 12.1 Å². The average Bonchev–Trinajstić information content (AvgIpc) is 3.00. The predicted molar refractivity (Wildman–Crippen MR) is 110 cm³/mol. The number of nitrogens with zero attached hydrogens (tertiary/aromatic N) is 4. The van der Waals surface area contributed by atoms with E-state index in [9.17, 15) is 4.79 Å². The first-order valence-electron chi connectivity index (χ1n) is 9.52. The van der Waals surface area contributed by atoms with Crippen molar-refractivity contribution in [3.05, 3.63) is 58.8 Å². The van der Waals surface area contributed by atoms with Crippen LogP contribution in [0.3, 0.4) is 0 Å². The third-order valence-electron chi connectivity index (χ3n) is 5.54. The van der Waals surface area contributed by atoms with E-state index in [0.717, 1.165) is 35.7 Å². The maximum Gasteiger partial charge on any atom is 0.147 e. The van der Waals surface area contributed by atoms with E-state index in [1.165, 1.54) is 23.0 Å². The zero-order valence-corrected chi connectivity index (χ0v) is 16.7. The summed E-state index contributed by atoms with van der Waals surface area (Å²) in [5.74, 6) is -0.0178. The third kappa shape index (κ3) is 3.68. The van der Waals surface area contributed by atoms with Crippen LogP contribution in [0.1, 0.15) is 29.3 Å². The number of aromatic nitrogens is 3. The molecular formula is C21H24ClN5O. The molecule has 0 saturated heterocycles. The summed E-state index contributed by atoms with van der Waals surface area (Å²) in [5.41, 5.74) is 10.3. The Labute approximate surface area is 169 Å². The quantitative estimate of drug-likeness (QED) is 0.692. The molecule has 0 aliphatic carbocycles. The lowest BCUT2D eigenvalue weighted by atomic mass is 9.97. The van der Waals surface area contributed by atoms with Crippen molar-refractivity contribution in [2.75, 3.05) is 20.1 Å². The summed E-state index contributed by atoms with van der Waals surface area (Å²) in [7, 11) is 2.14. The Bertz CT molecular complexity index is 1000. The number of hydrogen-bond donors (Lipinski definition) is 1. The second kappa shape index (κ2) is 7.99. The van der Waals surface area contributed by atoms with E-state index in [0.29, 0.717) is 13.0 Å². The Hall–Kier alpha value is -2.28. The molecule has 2 N–H and O–H groups in total. The first kappa shape index (κ1) is 19.1. The standard InChI is InChI=1S/C21H24ClN5O/c1-26-7-5-17-18-9-15(22)2-3-20(18)27(21(17)12-26)11-14(8-16(28)10-23)19-4-6-24-13-25-19/h2-4,6,9,13-14H,5,7-8,10-12,23H2,1H3. The summed E-state index contributed by atoms with van der Waals surface area (Å²) < 4.78 is 2.34. The van der Waals surface area contributed by atoms with Crippen LogP contribution in [0.2, 0.25) is 5.02 Å². The lowest BCUT2D eigenvalue weighted by Gasteiger charge is -2.26. The molecule has 0 amide bonds. The van der Waals surface area contributed by atoms with Crippen LogP contribution in [0.15, 0.2) is 36.8 Å². The van der Waals surface area contributed by atoms with Crippen molar-refractivity contribution in [2.24, 2.45) is 5.73 Å². The van der Waals surface area contributed by atoms with E-state index < -0.39 is 0 Å². The van der Waals surface area contributed by atoms with Crippen molar-refractivity contribution in [3.8, 4) is 0 Å². The summed E-state index contributed by atoms with van der Waals surface area (Å²) in [5, 5.41) is 1.96. The zero-order valence-electron chi connectivity index (χ0n) is 15.9. The topological polar surface area (TPSA) is 77.0 Å². The van der Waals surface area contributed by atoms with Crippen LogP contribution in [0.5, 0.6) is 0 Å². The third-order valence-corrected chi connectivity index (χ3v) is 5.77. The molecule has 3 heterocycles. The Kier molecular flexibility index (Phi) is 5.44. The number of halogens is 1. The fourth-order valence-electron chi connectivity index (χ4n) is 4.14. The minimum absolute atomic E-state index is 0.0362. The molecule has 0 spiro atoms. The predicted octanol–water partition coefficient (Wildman–Crippen LogP) is 2.77. The van der Waals surface area contributed by atoms with Crippen LogP contribution in [0.4, 0.5) is 0 Å². The SMILES string of the molecule is CN1CCc2c(n(CC(CC(=O)CN)c3ccncn3)c3ccc(Cl)cc23)C1. The van der Waals surface area contributed by atoms with E-state index in [-0.39, 0.29) is 18.2 Å². The van der Waals surface area contributed by atoms with Gasteiger partial charge < -0.3 is 15.2 Å². The van der Waals surface area contributed by atoms with Crippen LogP contribution in [0, 0.1) is 0 Å². The van der Waals surface area contributed by atoms with E-state index in [4.69, 9.17) is 17.3 Å². The molecule has 1 aliphatic rings. The lowest BCUT2D eigenvalue weighted by Crippen LogP contribution is -2.28. The van der Waals surface area contributed by atoms with Gasteiger partial charge in [-0.2, -0.15) is 0 Å². The minimum atomic E-state index is -0.0540. The van der Waals surface area contributed by atoms with Crippen molar-refractivity contribution in [2.45, 2.75) is 31.8 Å². The fourth-order valence-corrected chi connectivity index (χ4v) is 4.31. The van der Waals surface area contributed by atoms with Crippen LogP contribution in [-0.4, -0.2) is 45.4 Å². The minimum Gasteiger partial charge on any atom is -0.342 e. The first-order valence-corrected chi connectivity index (χ1v) is 9.90. The normalized spacial score (nSPS) is 15.5. The molecule has 2 aromatic heterocycles. The summed E-state index contributed by atoms with van der Waals surface area (Å²) in [4.78, 5) is 22.9. The Balaban J connectivity index is 1.80. The number of rotatable bonds is 6. The van der Waals surface area contributed by atoms with Gasteiger partial charge in [0, 0.05) is 65.5 Å². The van der Waals surface area contributed by atoms with Gasteiger partial charge in [-0.1, -0.05) is 11.6 Å². The van der Waals surface area contributed by atoms with Crippen LogP contribution >= 0.6 is 11.6 Å². The number of benzene rings is 1. The smallest absolute Gasteiger partial charge is 0.147 e. The number of carbonyl (C=O) groups is 1. The molecule has 1 unspecified atom stereocenters. The fraction of sp³-hybridized carbons (Fsp3) is 0.381. The highest BCUT2D eigenvalue weighted by Gasteiger charge is 2.25. The second-order valence-electron chi connectivity index (χ2n) is 7.46. The Morgan fingerprint density at radius 2 is 2.21 bits per heavy atom. The summed E-state index contributed by atoms with van der Waals surface area (Å²) >= 11 is 6.29. The van der Waals surface area contributed by atoms with Gasteiger partial charge in [0.2, 0.25) is 0 Å². The Morgan fingerprint density at radius 1 is 1.36 bits per heavy atom. The second-order valence-corrected chi connectivity index (χ2v) is 7.90.